The van der Waals surface area contributed by atoms with Crippen molar-refractivity contribution < 1.29 is 8.78 Å². The third kappa shape index (κ3) is 3.52. The van der Waals surface area contributed by atoms with Crippen LogP contribution < -0.4 is 5.32 Å². The largest absolute Gasteiger partial charge is 0.306 e. The lowest BCUT2D eigenvalue weighted by molar-refractivity contribution is 0.503. The molecule has 1 N–H and O–H groups in total. The topological polar surface area (TPSA) is 12.0 Å². The molecule has 0 bridgehead atoms. The minimum Gasteiger partial charge on any atom is -0.306 e. The fourth-order valence-electron chi connectivity index (χ4n) is 1.94. The number of hydrogen-bond donors (Lipinski definition) is 1. The highest BCUT2D eigenvalue weighted by Gasteiger charge is 2.22. The summed E-state index contributed by atoms with van der Waals surface area (Å²) in [5.74, 6) is -1.01. The van der Waals surface area contributed by atoms with Crippen molar-refractivity contribution in [1.82, 2.24) is 5.32 Å². The normalized spacial score (nSPS) is 12.6. The Morgan fingerprint density at radius 1 is 1.32 bits per heavy atom. The Hall–Kier alpha value is -0.530. The van der Waals surface area contributed by atoms with E-state index in [1.165, 1.54) is 18.2 Å². The Morgan fingerprint density at radius 2 is 2.00 bits per heavy atom. The van der Waals surface area contributed by atoms with E-state index >= 15 is 0 Å². The highest BCUT2D eigenvalue weighted by molar-refractivity contribution is 14.1. The van der Waals surface area contributed by atoms with Crippen molar-refractivity contribution >= 4 is 33.9 Å². The van der Waals surface area contributed by atoms with Crippen LogP contribution in [0.1, 0.15) is 30.5 Å². The molecule has 0 spiro atoms. The van der Waals surface area contributed by atoms with Crippen molar-refractivity contribution in [3.63, 3.8) is 0 Å². The van der Waals surface area contributed by atoms with Crippen LogP contribution in [0.5, 0.6) is 0 Å². The second kappa shape index (κ2) is 6.76. The Balaban J connectivity index is 2.42. The fourth-order valence-corrected chi connectivity index (χ4v) is 3.33. The van der Waals surface area contributed by atoms with Gasteiger partial charge < -0.3 is 5.32 Å². The van der Waals surface area contributed by atoms with Gasteiger partial charge in [0.2, 0.25) is 0 Å². The third-order valence-corrected chi connectivity index (χ3v) is 4.62. The number of halogens is 3. The zero-order valence-corrected chi connectivity index (χ0v) is 13.4. The molecule has 19 heavy (non-hydrogen) atoms. The highest BCUT2D eigenvalue weighted by Crippen LogP contribution is 2.30. The molecule has 2 rings (SSSR count). The minimum absolute atomic E-state index is 0.102. The highest BCUT2D eigenvalue weighted by atomic mass is 127. The van der Waals surface area contributed by atoms with Crippen LogP contribution in [0.2, 0.25) is 0 Å². The second-order valence-corrected chi connectivity index (χ2v) is 7.01. The molecule has 0 aliphatic carbocycles. The van der Waals surface area contributed by atoms with Gasteiger partial charge in [-0.15, -0.1) is 11.3 Å². The summed E-state index contributed by atoms with van der Waals surface area (Å²) in [5.41, 5.74) is 1.01. The van der Waals surface area contributed by atoms with E-state index in [-0.39, 0.29) is 5.56 Å². The van der Waals surface area contributed by atoms with E-state index in [1.807, 2.05) is 18.4 Å². The first-order valence-electron chi connectivity index (χ1n) is 6.04. The predicted molar refractivity (Wildman–Crippen MR) is 83.5 cm³/mol. The van der Waals surface area contributed by atoms with E-state index in [2.05, 4.69) is 27.9 Å². The average molecular weight is 393 g/mol. The van der Waals surface area contributed by atoms with E-state index in [0.29, 0.717) is 6.54 Å². The summed E-state index contributed by atoms with van der Waals surface area (Å²) < 4.78 is 29.0. The van der Waals surface area contributed by atoms with Crippen molar-refractivity contribution in [3.8, 4) is 0 Å². The lowest BCUT2D eigenvalue weighted by atomic mass is 10.00. The third-order valence-electron chi connectivity index (χ3n) is 2.81. The molecule has 102 valence electrons. The van der Waals surface area contributed by atoms with Gasteiger partial charge in [-0.3, -0.25) is 0 Å². The predicted octanol–water partition coefficient (Wildman–Crippen LogP) is 4.72. The zero-order valence-electron chi connectivity index (χ0n) is 10.4. The van der Waals surface area contributed by atoms with Crippen molar-refractivity contribution in [1.29, 1.82) is 0 Å². The van der Waals surface area contributed by atoms with Gasteiger partial charge in [0.25, 0.3) is 0 Å². The van der Waals surface area contributed by atoms with Gasteiger partial charge in [0.15, 0.2) is 0 Å². The fraction of sp³-hybridized carbons (Fsp3) is 0.286. The molecule has 0 fully saturated rings. The Morgan fingerprint density at radius 3 is 2.53 bits per heavy atom. The molecule has 1 heterocycles. The monoisotopic (exact) mass is 393 g/mol. The smallest absolute Gasteiger partial charge is 0.131 e. The number of thiophene rings is 1. The quantitative estimate of drug-likeness (QED) is 0.725. The summed E-state index contributed by atoms with van der Waals surface area (Å²) in [6.07, 6.45) is 0.911. The molecule has 0 radical (unpaired) electrons. The maximum Gasteiger partial charge on any atom is 0.131 e. The van der Waals surface area contributed by atoms with Gasteiger partial charge in [-0.25, -0.2) is 8.78 Å². The van der Waals surface area contributed by atoms with E-state index in [9.17, 15) is 8.78 Å². The van der Waals surface area contributed by atoms with E-state index in [0.717, 1.165) is 14.9 Å². The molecule has 0 amide bonds. The lowest BCUT2D eigenvalue weighted by Gasteiger charge is -2.19. The molecule has 0 aliphatic heterocycles. The van der Waals surface area contributed by atoms with Crippen LogP contribution in [0.3, 0.4) is 0 Å². The van der Waals surface area contributed by atoms with E-state index < -0.39 is 17.7 Å². The molecule has 1 unspecified atom stereocenters. The summed E-state index contributed by atoms with van der Waals surface area (Å²) in [5, 5.41) is 5.17. The summed E-state index contributed by atoms with van der Waals surface area (Å²) in [7, 11) is 0. The molecular formula is C14H14F2INS. The number of benzene rings is 1. The molecular weight excluding hydrogens is 379 g/mol. The summed E-state index contributed by atoms with van der Waals surface area (Å²) in [6, 6.07) is 5.53. The SMILES string of the molecule is CCCNC(c1csc(I)c1)c1c(F)cccc1F. The van der Waals surface area contributed by atoms with Crippen LogP contribution in [0, 0.1) is 14.5 Å². The van der Waals surface area contributed by atoms with Gasteiger partial charge in [-0.2, -0.15) is 0 Å². The molecule has 5 heteroatoms. The van der Waals surface area contributed by atoms with Gasteiger partial charge in [-0.05, 0) is 64.7 Å². The molecule has 1 nitrogen and oxygen atoms in total. The molecule has 1 aromatic heterocycles. The molecule has 0 saturated carbocycles. The molecule has 0 saturated heterocycles. The standard InChI is InChI=1S/C14H14F2INS/c1-2-6-18-14(9-7-12(17)19-8-9)13-10(15)4-3-5-11(13)16/h3-5,7-8,14,18H,2,6H2,1H3. The van der Waals surface area contributed by atoms with Gasteiger partial charge >= 0.3 is 0 Å². The zero-order chi connectivity index (χ0) is 13.8. The minimum atomic E-state index is -0.505. The Labute approximate surface area is 129 Å². The van der Waals surface area contributed by atoms with Gasteiger partial charge in [0, 0.05) is 5.56 Å². The molecule has 0 aliphatic rings. The summed E-state index contributed by atoms with van der Waals surface area (Å²) in [4.78, 5) is 0. The van der Waals surface area contributed by atoms with E-state index in [1.54, 1.807) is 11.3 Å². The van der Waals surface area contributed by atoms with Crippen molar-refractivity contribution in [2.75, 3.05) is 6.54 Å². The van der Waals surface area contributed by atoms with Gasteiger partial charge in [-0.1, -0.05) is 13.0 Å². The summed E-state index contributed by atoms with van der Waals surface area (Å²) >= 11 is 3.79. The molecule has 1 atom stereocenters. The first-order chi connectivity index (χ1) is 9.13. The van der Waals surface area contributed by atoms with E-state index in [4.69, 9.17) is 0 Å². The Kier molecular flexibility index (Phi) is 5.29. The van der Waals surface area contributed by atoms with Crippen molar-refractivity contribution in [2.45, 2.75) is 19.4 Å². The molecule has 1 aromatic carbocycles. The first kappa shape index (κ1) is 14.9. The number of rotatable bonds is 5. The average Bonchev–Trinajstić information content (AvgIpc) is 2.79. The van der Waals surface area contributed by atoms with Crippen LogP contribution in [0.15, 0.2) is 29.6 Å². The maximum absolute atomic E-state index is 13.9. The molecule has 2 aromatic rings. The van der Waals surface area contributed by atoms with Crippen molar-refractivity contribution in [3.05, 3.63) is 55.3 Å². The van der Waals surface area contributed by atoms with Crippen LogP contribution in [-0.4, -0.2) is 6.54 Å². The van der Waals surface area contributed by atoms with Crippen molar-refractivity contribution in [2.24, 2.45) is 0 Å². The number of nitrogens with one attached hydrogen (secondary N) is 1. The van der Waals surface area contributed by atoms with Gasteiger partial charge in [0.1, 0.15) is 11.6 Å². The maximum atomic E-state index is 13.9. The van der Waals surface area contributed by atoms with Crippen LogP contribution >= 0.6 is 33.9 Å². The van der Waals surface area contributed by atoms with Crippen LogP contribution in [0.4, 0.5) is 8.78 Å². The lowest BCUT2D eigenvalue weighted by Crippen LogP contribution is -2.24. The Bertz CT molecular complexity index is 536. The van der Waals surface area contributed by atoms with Gasteiger partial charge in [0.05, 0.1) is 8.93 Å². The second-order valence-electron chi connectivity index (χ2n) is 4.21. The van der Waals surface area contributed by atoms with Crippen LogP contribution in [0.25, 0.3) is 0 Å². The number of hydrogen-bond acceptors (Lipinski definition) is 2. The van der Waals surface area contributed by atoms with Crippen LogP contribution in [-0.2, 0) is 0 Å². The first-order valence-corrected chi connectivity index (χ1v) is 8.00. The summed E-state index contributed by atoms with van der Waals surface area (Å²) in [6.45, 7) is 2.74.